The van der Waals surface area contributed by atoms with Crippen molar-refractivity contribution in [2.75, 3.05) is 32.5 Å². The summed E-state index contributed by atoms with van der Waals surface area (Å²) in [5, 5.41) is 3.67. The molecule has 2 rings (SSSR count). The first kappa shape index (κ1) is 18.7. The lowest BCUT2D eigenvalue weighted by molar-refractivity contribution is -0.124. The number of carbonyl (C=O) groups excluding carboxylic acids is 1. The molecule has 0 unspecified atom stereocenters. The van der Waals surface area contributed by atoms with Gasteiger partial charge in [0, 0.05) is 11.9 Å². The van der Waals surface area contributed by atoms with E-state index in [4.69, 9.17) is 0 Å². The van der Waals surface area contributed by atoms with Gasteiger partial charge in [-0.1, -0.05) is 76.6 Å². The Bertz CT molecular complexity index is 589. The summed E-state index contributed by atoms with van der Waals surface area (Å²) in [6.07, 6.45) is 0.931. The molecule has 0 aliphatic heterocycles. The molecule has 0 aromatic heterocycles. The van der Waals surface area contributed by atoms with Crippen LogP contribution in [0.2, 0.25) is 0 Å². The van der Waals surface area contributed by atoms with Gasteiger partial charge in [0.15, 0.2) is 0 Å². The van der Waals surface area contributed by atoms with Gasteiger partial charge in [-0.2, -0.15) is 0 Å². The molecule has 0 bridgehead atoms. The van der Waals surface area contributed by atoms with Crippen LogP contribution in [-0.2, 0) is 10.2 Å². The number of hydrogen-bond acceptors (Lipinski definition) is 2. The summed E-state index contributed by atoms with van der Waals surface area (Å²) in [4.78, 5) is 15.3. The Morgan fingerprint density at radius 1 is 1.00 bits per heavy atom. The smallest absolute Gasteiger partial charge is 0.235 e. The van der Waals surface area contributed by atoms with E-state index in [0.717, 1.165) is 24.1 Å². The summed E-state index contributed by atoms with van der Waals surface area (Å²) in [5.74, 6) is 0.0375. The predicted molar refractivity (Wildman–Crippen MR) is 104 cm³/mol. The molecule has 4 heteroatoms. The second-order valence-electron chi connectivity index (χ2n) is 6.18. The molecule has 0 fully saturated rings. The molecule has 1 N–H and O–H groups in total. The van der Waals surface area contributed by atoms with Crippen molar-refractivity contribution >= 4 is 21.8 Å². The number of halogens is 1. The Morgan fingerprint density at radius 3 is 1.92 bits per heavy atom. The van der Waals surface area contributed by atoms with Gasteiger partial charge in [0.05, 0.1) is 0 Å². The van der Waals surface area contributed by atoms with E-state index in [1.807, 2.05) is 74.8 Å². The van der Waals surface area contributed by atoms with Crippen molar-refractivity contribution in [1.29, 1.82) is 0 Å². The van der Waals surface area contributed by atoms with Gasteiger partial charge < -0.3 is 10.2 Å². The van der Waals surface area contributed by atoms with Crippen LogP contribution < -0.4 is 5.32 Å². The number of rotatable bonds is 8. The molecule has 24 heavy (non-hydrogen) atoms. The zero-order chi connectivity index (χ0) is 17.4. The van der Waals surface area contributed by atoms with Crippen LogP contribution in [0, 0.1) is 0 Å². The molecule has 1 amide bonds. The Morgan fingerprint density at radius 2 is 1.50 bits per heavy atom. The van der Waals surface area contributed by atoms with E-state index >= 15 is 0 Å². The number of nitrogens with zero attached hydrogens (tertiary/aromatic N) is 1. The third-order valence-electron chi connectivity index (χ3n) is 4.19. The van der Waals surface area contributed by atoms with Gasteiger partial charge >= 0.3 is 0 Å². The lowest BCUT2D eigenvalue weighted by atomic mass is 9.75. The molecule has 0 saturated carbocycles. The van der Waals surface area contributed by atoms with Crippen molar-refractivity contribution in [2.45, 2.75) is 11.8 Å². The lowest BCUT2D eigenvalue weighted by Crippen LogP contribution is -2.47. The summed E-state index contributed by atoms with van der Waals surface area (Å²) in [5.41, 5.74) is 1.28. The van der Waals surface area contributed by atoms with Crippen LogP contribution in [0.5, 0.6) is 0 Å². The zero-order valence-corrected chi connectivity index (χ0v) is 15.9. The Hall–Kier alpha value is -1.65. The molecule has 0 atom stereocenters. The SMILES string of the molecule is CN(C)CCCNC(=O)C(CBr)(c1ccccc1)c1ccccc1. The summed E-state index contributed by atoms with van der Waals surface area (Å²) in [7, 11) is 4.08. The van der Waals surface area contributed by atoms with E-state index in [9.17, 15) is 4.79 Å². The monoisotopic (exact) mass is 388 g/mol. The molecule has 128 valence electrons. The van der Waals surface area contributed by atoms with E-state index in [0.29, 0.717) is 11.9 Å². The minimum atomic E-state index is -0.722. The third kappa shape index (κ3) is 4.25. The highest BCUT2D eigenvalue weighted by atomic mass is 79.9. The number of benzene rings is 2. The molecule has 2 aromatic carbocycles. The van der Waals surface area contributed by atoms with Crippen LogP contribution in [-0.4, -0.2) is 43.3 Å². The van der Waals surface area contributed by atoms with Gasteiger partial charge in [-0.05, 0) is 38.2 Å². The maximum Gasteiger partial charge on any atom is 0.235 e. The summed E-state index contributed by atoms with van der Waals surface area (Å²) in [6.45, 7) is 1.63. The lowest BCUT2D eigenvalue weighted by Gasteiger charge is -2.32. The molecule has 0 aliphatic rings. The number of hydrogen-bond donors (Lipinski definition) is 1. The van der Waals surface area contributed by atoms with E-state index in [1.165, 1.54) is 0 Å². The average molecular weight is 389 g/mol. The zero-order valence-electron chi connectivity index (χ0n) is 14.3. The van der Waals surface area contributed by atoms with E-state index in [2.05, 4.69) is 26.1 Å². The molecule has 0 saturated heterocycles. The van der Waals surface area contributed by atoms with Gasteiger partial charge in [0.25, 0.3) is 0 Å². The Labute approximate surface area is 153 Å². The highest BCUT2D eigenvalue weighted by molar-refractivity contribution is 9.09. The summed E-state index contributed by atoms with van der Waals surface area (Å²) in [6, 6.07) is 20.0. The normalized spacial score (nSPS) is 11.5. The van der Waals surface area contributed by atoms with E-state index in [1.54, 1.807) is 0 Å². The molecule has 0 heterocycles. The first-order valence-electron chi connectivity index (χ1n) is 8.21. The fraction of sp³-hybridized carbons (Fsp3) is 0.350. The number of nitrogens with one attached hydrogen (secondary N) is 1. The van der Waals surface area contributed by atoms with Gasteiger partial charge in [-0.25, -0.2) is 0 Å². The highest BCUT2D eigenvalue weighted by Gasteiger charge is 2.40. The largest absolute Gasteiger partial charge is 0.355 e. The quantitative estimate of drug-likeness (QED) is 0.554. The highest BCUT2D eigenvalue weighted by Crippen LogP contribution is 2.34. The standard InChI is InChI=1S/C20H25BrN2O/c1-23(2)15-9-14-22-19(24)20(16-21,17-10-5-3-6-11-17)18-12-7-4-8-13-18/h3-8,10-13H,9,14-16H2,1-2H3,(H,22,24). The van der Waals surface area contributed by atoms with Crippen molar-refractivity contribution in [3.63, 3.8) is 0 Å². The predicted octanol–water partition coefficient (Wildman–Crippen LogP) is 3.44. The molecule has 2 aromatic rings. The van der Waals surface area contributed by atoms with Gasteiger partial charge in [0.1, 0.15) is 5.41 Å². The fourth-order valence-electron chi connectivity index (χ4n) is 2.84. The molecular formula is C20H25BrN2O. The molecule has 0 aliphatic carbocycles. The number of alkyl halides is 1. The van der Waals surface area contributed by atoms with Gasteiger partial charge in [0.2, 0.25) is 5.91 Å². The Balaban J connectivity index is 2.31. The Kier molecular flexibility index (Phi) is 7.00. The van der Waals surface area contributed by atoms with Crippen LogP contribution in [0.3, 0.4) is 0 Å². The van der Waals surface area contributed by atoms with Crippen molar-refractivity contribution in [3.05, 3.63) is 71.8 Å². The summed E-state index contributed by atoms with van der Waals surface area (Å²) >= 11 is 3.61. The molecular weight excluding hydrogens is 364 g/mol. The van der Waals surface area contributed by atoms with Crippen molar-refractivity contribution in [3.8, 4) is 0 Å². The van der Waals surface area contributed by atoms with Crippen molar-refractivity contribution in [2.24, 2.45) is 0 Å². The number of amides is 1. The maximum atomic E-state index is 13.2. The van der Waals surface area contributed by atoms with Crippen LogP contribution in [0.4, 0.5) is 0 Å². The van der Waals surface area contributed by atoms with E-state index in [-0.39, 0.29) is 5.91 Å². The van der Waals surface area contributed by atoms with Crippen LogP contribution in [0.15, 0.2) is 60.7 Å². The van der Waals surface area contributed by atoms with Crippen molar-refractivity contribution < 1.29 is 4.79 Å². The first-order valence-corrected chi connectivity index (χ1v) is 9.33. The molecule has 0 spiro atoms. The second kappa shape index (κ2) is 9.00. The fourth-order valence-corrected chi connectivity index (χ4v) is 3.74. The maximum absolute atomic E-state index is 13.2. The van der Waals surface area contributed by atoms with Gasteiger partial charge in [-0.3, -0.25) is 4.79 Å². The minimum Gasteiger partial charge on any atom is -0.355 e. The molecule has 0 radical (unpaired) electrons. The topological polar surface area (TPSA) is 32.3 Å². The second-order valence-corrected chi connectivity index (χ2v) is 6.74. The van der Waals surface area contributed by atoms with Gasteiger partial charge in [-0.15, -0.1) is 0 Å². The van der Waals surface area contributed by atoms with Crippen molar-refractivity contribution in [1.82, 2.24) is 10.2 Å². The minimum absolute atomic E-state index is 0.0375. The summed E-state index contributed by atoms with van der Waals surface area (Å²) < 4.78 is 0. The van der Waals surface area contributed by atoms with Crippen LogP contribution in [0.25, 0.3) is 0 Å². The average Bonchev–Trinajstić information content (AvgIpc) is 2.61. The number of carbonyl (C=O) groups is 1. The van der Waals surface area contributed by atoms with Crippen LogP contribution >= 0.6 is 15.9 Å². The first-order chi connectivity index (χ1) is 11.6. The molecule has 3 nitrogen and oxygen atoms in total. The van der Waals surface area contributed by atoms with E-state index < -0.39 is 5.41 Å². The third-order valence-corrected chi connectivity index (χ3v) is 5.03. The van der Waals surface area contributed by atoms with Crippen LogP contribution in [0.1, 0.15) is 17.5 Å².